The molecule has 1 aromatic rings. The van der Waals surface area contributed by atoms with Gasteiger partial charge in [0.1, 0.15) is 0 Å². The first-order valence-electron chi connectivity index (χ1n) is 6.32. The number of hydrogen-bond donors (Lipinski definition) is 0. The molecule has 1 aromatic heterocycles. The van der Waals surface area contributed by atoms with Crippen LogP contribution in [0.25, 0.3) is 0 Å². The summed E-state index contributed by atoms with van der Waals surface area (Å²) in [5, 5.41) is 0.462. The number of aromatic nitrogens is 1. The van der Waals surface area contributed by atoms with Gasteiger partial charge in [0, 0.05) is 0 Å². The van der Waals surface area contributed by atoms with E-state index in [1.165, 1.54) is 0 Å². The van der Waals surface area contributed by atoms with Gasteiger partial charge in [0.05, 0.1) is 0 Å². The summed E-state index contributed by atoms with van der Waals surface area (Å²) in [6.07, 6.45) is 2.83. The van der Waals surface area contributed by atoms with Gasteiger partial charge in [-0.1, -0.05) is 0 Å². The van der Waals surface area contributed by atoms with Crippen molar-refractivity contribution in [1.29, 1.82) is 0 Å². The Labute approximate surface area is 125 Å². The first-order valence-corrected chi connectivity index (χ1v) is 10.4. The Morgan fingerprint density at radius 3 is 2.42 bits per heavy atom. The van der Waals surface area contributed by atoms with Crippen molar-refractivity contribution in [2.75, 3.05) is 27.1 Å². The summed E-state index contributed by atoms with van der Waals surface area (Å²) >= 11 is -1.06. The van der Waals surface area contributed by atoms with Gasteiger partial charge in [0.25, 0.3) is 0 Å². The second-order valence-electron chi connectivity index (χ2n) is 4.25. The van der Waals surface area contributed by atoms with E-state index in [4.69, 9.17) is 9.96 Å². The van der Waals surface area contributed by atoms with Crippen LogP contribution in [0.5, 0.6) is 0 Å². The maximum absolute atomic E-state index is 5.49. The molecule has 0 radical (unpaired) electrons. The Morgan fingerprint density at radius 1 is 1.21 bits per heavy atom. The molecule has 1 atom stereocenters. The minimum absolute atomic E-state index is 0.462. The van der Waals surface area contributed by atoms with Gasteiger partial charge in [-0.2, -0.15) is 0 Å². The molecular formula is C13H23NO3STi. The Balaban J connectivity index is 2.33. The molecule has 0 aliphatic rings. The first kappa shape index (κ1) is 17.1. The standard InChI is InChI=1S/C10H14NS.3CH3O.Ti/c1-9(2)12-8-6-10-5-3-4-7-11-10;3*1-2;/h3-5,7,9H,1,6,8H2,2H3;3*1H3;/q;3*-1;+3. The third-order valence-corrected chi connectivity index (χ3v) is 9.25. The molecule has 0 aliphatic carbocycles. The summed E-state index contributed by atoms with van der Waals surface area (Å²) in [7, 11) is 5.04. The SMILES string of the molecule is C[O][Ti]([CH2]C(C)SCCc1ccccn1)([O]C)[O]C. The van der Waals surface area contributed by atoms with Crippen LogP contribution >= 0.6 is 11.8 Å². The average Bonchev–Trinajstić information content (AvgIpc) is 2.46. The van der Waals surface area contributed by atoms with Crippen LogP contribution in [0.15, 0.2) is 24.4 Å². The fourth-order valence-electron chi connectivity index (χ4n) is 1.82. The van der Waals surface area contributed by atoms with Crippen LogP contribution < -0.4 is 0 Å². The van der Waals surface area contributed by atoms with Crippen molar-refractivity contribution in [3.63, 3.8) is 0 Å². The Bertz CT molecular complexity index is 341. The van der Waals surface area contributed by atoms with Crippen LogP contribution in [0.1, 0.15) is 12.6 Å². The Kier molecular flexibility index (Phi) is 8.22. The van der Waals surface area contributed by atoms with E-state index in [2.05, 4.69) is 18.0 Å². The summed E-state index contributed by atoms with van der Waals surface area (Å²) in [5.41, 5.74) is 1.14. The molecule has 19 heavy (non-hydrogen) atoms. The summed E-state index contributed by atoms with van der Waals surface area (Å²) in [4.78, 5) is 4.32. The molecule has 0 fully saturated rings. The van der Waals surface area contributed by atoms with Gasteiger partial charge in [-0.05, 0) is 0 Å². The van der Waals surface area contributed by atoms with Crippen molar-refractivity contribution < 1.29 is 27.7 Å². The molecule has 0 aromatic carbocycles. The molecule has 0 aliphatic heterocycles. The molecule has 0 N–H and O–H groups in total. The number of aryl methyl sites for hydroxylation is 1. The van der Waals surface area contributed by atoms with Gasteiger partial charge in [-0.15, -0.1) is 0 Å². The van der Waals surface area contributed by atoms with Crippen LogP contribution in [-0.4, -0.2) is 37.3 Å². The Morgan fingerprint density at radius 2 is 1.89 bits per heavy atom. The number of pyridine rings is 1. The van der Waals surface area contributed by atoms with Crippen molar-refractivity contribution in [3.05, 3.63) is 30.1 Å². The monoisotopic (exact) mass is 321 g/mol. The van der Waals surface area contributed by atoms with E-state index >= 15 is 0 Å². The van der Waals surface area contributed by atoms with E-state index < -0.39 is 17.8 Å². The number of thioether (sulfide) groups is 1. The minimum atomic E-state index is -2.98. The van der Waals surface area contributed by atoms with Crippen LogP contribution in [0.2, 0.25) is 4.73 Å². The molecule has 1 unspecified atom stereocenters. The van der Waals surface area contributed by atoms with Gasteiger partial charge >= 0.3 is 125 Å². The zero-order valence-electron chi connectivity index (χ0n) is 12.1. The topological polar surface area (TPSA) is 40.6 Å². The average molecular weight is 321 g/mol. The third kappa shape index (κ3) is 5.94. The van der Waals surface area contributed by atoms with Crippen molar-refractivity contribution in [2.24, 2.45) is 0 Å². The summed E-state index contributed by atoms with van der Waals surface area (Å²) in [6, 6.07) is 6.03. The van der Waals surface area contributed by atoms with Crippen LogP contribution in [0.3, 0.4) is 0 Å². The van der Waals surface area contributed by atoms with Crippen molar-refractivity contribution >= 4 is 11.8 Å². The van der Waals surface area contributed by atoms with E-state index in [0.717, 1.165) is 22.6 Å². The molecule has 6 heteroatoms. The van der Waals surface area contributed by atoms with E-state index in [1.807, 2.05) is 30.1 Å². The van der Waals surface area contributed by atoms with Crippen molar-refractivity contribution in [3.8, 4) is 0 Å². The predicted molar refractivity (Wildman–Crippen MR) is 75.7 cm³/mol. The Hall–Kier alpha value is 0.0943. The van der Waals surface area contributed by atoms with Crippen LogP contribution in [0, 0.1) is 0 Å². The van der Waals surface area contributed by atoms with Gasteiger partial charge in [0.2, 0.25) is 0 Å². The second kappa shape index (κ2) is 9.11. The zero-order chi connectivity index (χ0) is 14.1. The molecule has 0 bridgehead atoms. The maximum atomic E-state index is 5.49. The number of hydrogen-bond acceptors (Lipinski definition) is 5. The normalized spacial score (nSPS) is 13.5. The summed E-state index contributed by atoms with van der Waals surface area (Å²) in [6.45, 7) is 2.19. The van der Waals surface area contributed by atoms with Gasteiger partial charge in [-0.25, -0.2) is 0 Å². The summed E-state index contributed by atoms with van der Waals surface area (Å²) in [5.74, 6) is 1.05. The molecule has 0 saturated heterocycles. The second-order valence-corrected chi connectivity index (χ2v) is 10.5. The third-order valence-electron chi connectivity index (χ3n) is 2.96. The van der Waals surface area contributed by atoms with Crippen molar-refractivity contribution in [1.82, 2.24) is 4.98 Å². The van der Waals surface area contributed by atoms with Crippen molar-refractivity contribution in [2.45, 2.75) is 23.3 Å². The first-order chi connectivity index (χ1) is 9.15. The molecule has 1 rings (SSSR count). The zero-order valence-corrected chi connectivity index (χ0v) is 14.5. The van der Waals surface area contributed by atoms with E-state index in [9.17, 15) is 0 Å². The number of rotatable bonds is 9. The van der Waals surface area contributed by atoms with E-state index in [1.54, 1.807) is 21.3 Å². The van der Waals surface area contributed by atoms with Gasteiger partial charge in [-0.3, -0.25) is 0 Å². The predicted octanol–water partition coefficient (Wildman–Crippen LogP) is 3.00. The van der Waals surface area contributed by atoms with Crippen LogP contribution in [0.4, 0.5) is 0 Å². The van der Waals surface area contributed by atoms with Crippen LogP contribution in [-0.2, 0) is 34.1 Å². The molecule has 0 saturated carbocycles. The van der Waals surface area contributed by atoms with E-state index in [0.29, 0.717) is 5.25 Å². The van der Waals surface area contributed by atoms with E-state index in [-0.39, 0.29) is 0 Å². The molecule has 0 spiro atoms. The quantitative estimate of drug-likeness (QED) is 0.654. The molecule has 1 heterocycles. The van der Waals surface area contributed by atoms with Gasteiger partial charge in [0.15, 0.2) is 0 Å². The fourth-order valence-corrected chi connectivity index (χ4v) is 6.72. The molecule has 4 nitrogen and oxygen atoms in total. The molecular weight excluding hydrogens is 298 g/mol. The van der Waals surface area contributed by atoms with Gasteiger partial charge < -0.3 is 0 Å². The summed E-state index contributed by atoms with van der Waals surface area (Å²) < 4.78 is 17.3. The molecule has 0 amide bonds. The number of nitrogens with zero attached hydrogens (tertiary/aromatic N) is 1. The molecule has 108 valence electrons. The fraction of sp³-hybridized carbons (Fsp3) is 0.615.